The average Bonchev–Trinajstić information content (AvgIpc) is 1.65. The third-order valence-electron chi connectivity index (χ3n) is 19.0. The molecule has 0 aliphatic carbocycles. The smallest absolute Gasteiger partial charge is 0.326 e. The van der Waals surface area contributed by atoms with Crippen molar-refractivity contribution < 1.29 is 112 Å². The predicted octanol–water partition coefficient (Wildman–Crippen LogP) is -4.35. The Morgan fingerprint density at radius 2 is 0.941 bits per heavy atom. The van der Waals surface area contributed by atoms with Gasteiger partial charge in [-0.25, -0.2) is 4.79 Å². The third kappa shape index (κ3) is 29.1. The first-order chi connectivity index (χ1) is 55.9. The largest absolute Gasteiger partial charge is 0.508 e. The number of carboxylic acid groups (broad SMARTS) is 3. The minimum Gasteiger partial charge on any atom is -0.508 e. The lowest BCUT2D eigenvalue weighted by Crippen LogP contribution is -2.61. The van der Waals surface area contributed by atoms with Gasteiger partial charge < -0.3 is 120 Å². The van der Waals surface area contributed by atoms with Crippen molar-refractivity contribution in [2.75, 3.05) is 44.3 Å². The molecule has 2 aromatic heterocycles. The lowest BCUT2D eigenvalue weighted by Gasteiger charge is -2.30. The second-order valence-corrected chi connectivity index (χ2v) is 29.7. The molecule has 0 radical (unpaired) electrons. The number of aliphatic carboxylic acids is 3. The van der Waals surface area contributed by atoms with Crippen LogP contribution in [0.4, 0.5) is 0 Å². The van der Waals surface area contributed by atoms with Gasteiger partial charge >= 0.3 is 17.9 Å². The maximum absolute atomic E-state index is 14.6. The van der Waals surface area contributed by atoms with Crippen LogP contribution in [0.3, 0.4) is 0 Å². The number of carbonyl (C=O) groups excluding carboxylic acids is 14. The summed E-state index contributed by atoms with van der Waals surface area (Å²) in [5.41, 5.74) is 8.43. The molecule has 5 aromatic rings. The molecule has 40 nitrogen and oxygen atoms in total. The standard InChI is InChI=1S/C76H103N17O23S2/c1-37(2)25-54(76(115)116)88-74(113)64(39(5)95)92-69(108)52(27-41-29-78-47-13-8-6-11-44(41)47)86-70(109)56(36-118)90-68(107)50(21-23-62(102)103)84-73(112)63(38(3)4)91-60(99)32-80-58(97)31-81-66(105)51(26-40-16-18-43(96)19-17-40)85-67(106)49(20-22-61(100)101)83-59(98)33-82-72(111)57-15-10-24-93(57)75(114)53(28-42-30-79-48-14-9-7-12-45(42)48)87-71(110)55(35-117)89-65(104)46(77)34-94/h6-9,11-14,16-19,29-30,37-39,46,49-57,63-64,78-79,94-96,117-118H,10,15,20-28,31-36,77H2,1-5H3,(H,80,97)(H,81,105)(H,82,111)(H,83,98)(H,84,112)(H,85,106)(H,86,109)(H,87,110)(H,88,113)(H,89,104)(H,90,107)(H,91,99)(H,92,108)(H,100,101)(H,102,103)(H,115,116)/t39-,46+,49+,50+,51+,52+,53+,54+,55+,56+,57+,63+,64+/m1/s1. The highest BCUT2D eigenvalue weighted by Crippen LogP contribution is 2.25. The predicted molar refractivity (Wildman–Crippen MR) is 429 cm³/mol. The Morgan fingerprint density at radius 1 is 0.492 bits per heavy atom. The number of nitrogens with one attached hydrogen (secondary N) is 15. The van der Waals surface area contributed by atoms with Crippen LogP contribution < -0.4 is 74.9 Å². The number of likely N-dealkylation sites (tertiary alicyclic amines) is 1. The molecule has 23 N–H and O–H groups in total. The second-order valence-electron chi connectivity index (χ2n) is 29.0. The highest BCUT2D eigenvalue weighted by Gasteiger charge is 2.41. The Hall–Kier alpha value is -11.9. The number of fused-ring (bicyclic) bond motifs is 2. The molecule has 0 saturated carbocycles. The van der Waals surface area contributed by atoms with Gasteiger partial charge in [0.15, 0.2) is 0 Å². The van der Waals surface area contributed by atoms with Gasteiger partial charge in [0.1, 0.15) is 78.3 Å². The van der Waals surface area contributed by atoms with Crippen LogP contribution in [0.2, 0.25) is 0 Å². The van der Waals surface area contributed by atoms with Gasteiger partial charge in [0.25, 0.3) is 0 Å². The number of amides is 14. The first-order valence-electron chi connectivity index (χ1n) is 37.9. The SMILES string of the molecule is CC(C)C[C@H](NC(=O)[C@@H](NC(=O)[C@H](Cc1c[nH]c2ccccc12)NC(=O)[C@H](CS)NC(=O)[C@H](CCC(=O)O)NC(=O)[C@@H](NC(=O)CNC(=O)CNC(=O)[C@H](Cc1ccc(O)cc1)NC(=O)[C@H](CCC(=O)O)NC(=O)CNC(=O)[C@@H]1CCCN1C(=O)[C@H](Cc1c[nH]c2ccccc12)NC(=O)[C@H](CS)NC(=O)[C@@H](N)CO)C(C)C)[C@@H](C)O)C(=O)O. The Labute approximate surface area is 687 Å². The number of H-pyrrole nitrogens is 2. The number of rotatable bonds is 47. The fourth-order valence-corrected chi connectivity index (χ4v) is 13.2. The quantitative estimate of drug-likeness (QED) is 0.0164. The summed E-state index contributed by atoms with van der Waals surface area (Å²) in [5.74, 6) is -19.8. The molecule has 1 aliphatic heterocycles. The zero-order valence-electron chi connectivity index (χ0n) is 65.3. The molecule has 642 valence electrons. The number of aromatic hydroxyl groups is 1. The minimum atomic E-state index is -1.74. The molecule has 13 atom stereocenters. The Balaban J connectivity index is 1.08. The van der Waals surface area contributed by atoms with E-state index in [4.69, 9.17) is 5.73 Å². The number of carboxylic acids is 3. The van der Waals surface area contributed by atoms with Crippen molar-refractivity contribution >= 4 is 148 Å². The van der Waals surface area contributed by atoms with Crippen LogP contribution in [0.5, 0.6) is 5.75 Å². The van der Waals surface area contributed by atoms with E-state index in [0.29, 0.717) is 44.9 Å². The van der Waals surface area contributed by atoms with Crippen molar-refractivity contribution in [1.29, 1.82) is 0 Å². The summed E-state index contributed by atoms with van der Waals surface area (Å²) < 4.78 is 0. The van der Waals surface area contributed by atoms with E-state index in [1.807, 2.05) is 0 Å². The normalized spacial score (nSPS) is 15.6. The van der Waals surface area contributed by atoms with E-state index in [-0.39, 0.29) is 56.1 Å². The highest BCUT2D eigenvalue weighted by atomic mass is 32.1. The Morgan fingerprint density at radius 3 is 1.46 bits per heavy atom. The van der Waals surface area contributed by atoms with E-state index >= 15 is 0 Å². The number of carbonyl (C=O) groups is 17. The first kappa shape index (κ1) is 95.0. The van der Waals surface area contributed by atoms with Crippen molar-refractivity contribution in [3.05, 3.63) is 102 Å². The number of phenols is 1. The number of thiol groups is 2. The molecular weight excluding hydrogens is 1580 g/mol. The van der Waals surface area contributed by atoms with Gasteiger partial charge in [-0.2, -0.15) is 25.3 Å². The Bertz CT molecular complexity index is 4430. The minimum absolute atomic E-state index is 0.000676. The molecule has 0 bridgehead atoms. The summed E-state index contributed by atoms with van der Waals surface area (Å²) in [6, 6.07) is 1.20. The van der Waals surface area contributed by atoms with Crippen LogP contribution in [-0.2, 0) is 101 Å². The van der Waals surface area contributed by atoms with E-state index in [1.165, 1.54) is 49.9 Å². The first-order valence-corrected chi connectivity index (χ1v) is 39.1. The number of para-hydroxylation sites is 2. The number of nitrogens with two attached hydrogens (primary N) is 1. The zero-order valence-corrected chi connectivity index (χ0v) is 67.1. The lowest BCUT2D eigenvalue weighted by atomic mass is 10.0. The molecule has 0 spiro atoms. The number of aliphatic hydroxyl groups is 2. The number of aromatic nitrogens is 2. The van der Waals surface area contributed by atoms with Crippen molar-refractivity contribution in [2.45, 2.75) is 177 Å². The van der Waals surface area contributed by atoms with E-state index < -0.39 is 243 Å². The van der Waals surface area contributed by atoms with Gasteiger partial charge in [-0.05, 0) is 91.8 Å². The summed E-state index contributed by atoms with van der Waals surface area (Å²) in [5, 5.41) is 92.0. The summed E-state index contributed by atoms with van der Waals surface area (Å²) in [4.78, 5) is 237. The van der Waals surface area contributed by atoms with E-state index in [0.717, 1.165) is 0 Å². The summed E-state index contributed by atoms with van der Waals surface area (Å²) in [6.45, 7) is 4.32. The van der Waals surface area contributed by atoms with Crippen molar-refractivity contribution in [3.8, 4) is 5.75 Å². The van der Waals surface area contributed by atoms with E-state index in [9.17, 15) is 112 Å². The van der Waals surface area contributed by atoms with Crippen LogP contribution in [-0.4, -0.2) is 269 Å². The molecule has 3 aromatic carbocycles. The van der Waals surface area contributed by atoms with Gasteiger partial charge in [-0.15, -0.1) is 0 Å². The molecule has 1 saturated heterocycles. The molecule has 1 aliphatic rings. The molecule has 42 heteroatoms. The maximum Gasteiger partial charge on any atom is 0.326 e. The summed E-state index contributed by atoms with van der Waals surface area (Å²) in [7, 11) is 0. The van der Waals surface area contributed by atoms with Crippen molar-refractivity contribution in [3.63, 3.8) is 0 Å². The topological polar surface area (TPSA) is 629 Å². The number of nitrogens with zero attached hydrogens (tertiary/aromatic N) is 1. The number of benzene rings is 3. The lowest BCUT2D eigenvalue weighted by molar-refractivity contribution is -0.143. The Kier molecular flexibility index (Phi) is 37.1. The van der Waals surface area contributed by atoms with Gasteiger partial charge in [0.2, 0.25) is 82.7 Å². The number of hydrogen-bond acceptors (Lipinski definition) is 23. The van der Waals surface area contributed by atoms with Crippen LogP contribution in [0.15, 0.2) is 85.2 Å². The molecule has 118 heavy (non-hydrogen) atoms. The molecule has 3 heterocycles. The van der Waals surface area contributed by atoms with Gasteiger partial charge in [-0.3, -0.25) is 76.7 Å². The number of aromatic amines is 2. The van der Waals surface area contributed by atoms with Crippen molar-refractivity contribution in [1.82, 2.24) is 84.0 Å². The molecule has 14 amide bonds. The fourth-order valence-electron chi connectivity index (χ4n) is 12.6. The van der Waals surface area contributed by atoms with Crippen LogP contribution in [0.25, 0.3) is 21.8 Å². The number of aliphatic hydroxyl groups excluding tert-OH is 2. The molecular formula is C76H103N17O23S2. The van der Waals surface area contributed by atoms with Crippen LogP contribution >= 0.6 is 25.3 Å². The van der Waals surface area contributed by atoms with Crippen molar-refractivity contribution in [2.24, 2.45) is 17.6 Å². The fraction of sp³-hybridized carbons (Fsp3) is 0.487. The van der Waals surface area contributed by atoms with Gasteiger partial charge in [-0.1, -0.05) is 76.2 Å². The highest BCUT2D eigenvalue weighted by molar-refractivity contribution is 7.80. The molecule has 1 fully saturated rings. The van der Waals surface area contributed by atoms with E-state index in [2.05, 4.69) is 104 Å². The summed E-state index contributed by atoms with van der Waals surface area (Å²) >= 11 is 8.44. The van der Waals surface area contributed by atoms with Gasteiger partial charge in [0.05, 0.1) is 32.3 Å². The number of hydrogen-bond donors (Lipinski definition) is 24. The van der Waals surface area contributed by atoms with E-state index in [1.54, 1.807) is 74.8 Å². The third-order valence-corrected chi connectivity index (χ3v) is 19.7. The van der Waals surface area contributed by atoms with Gasteiger partial charge in [0, 0.05) is 84.4 Å². The number of phenolic OH excluding ortho intramolecular Hbond substituents is 1. The zero-order chi connectivity index (χ0) is 87.2. The summed E-state index contributed by atoms with van der Waals surface area (Å²) in [6.07, 6.45) is -1.32. The average molecular weight is 1690 g/mol. The molecule has 0 unspecified atom stereocenters. The van der Waals surface area contributed by atoms with Crippen LogP contribution in [0, 0.1) is 11.8 Å². The maximum atomic E-state index is 14.6. The monoisotopic (exact) mass is 1690 g/mol. The van der Waals surface area contributed by atoms with Crippen LogP contribution in [0.1, 0.15) is 96.3 Å². The molecule has 6 rings (SSSR count). The second kappa shape index (κ2) is 46.2.